The van der Waals surface area contributed by atoms with E-state index in [0.717, 1.165) is 18.3 Å². The third-order valence-electron chi connectivity index (χ3n) is 3.85. The molecular formula is C21H28N4O3. The van der Waals surface area contributed by atoms with Crippen molar-refractivity contribution in [1.82, 2.24) is 10.6 Å². The van der Waals surface area contributed by atoms with E-state index in [4.69, 9.17) is 15.9 Å². The lowest BCUT2D eigenvalue weighted by atomic mass is 10.1. The van der Waals surface area contributed by atoms with Gasteiger partial charge in [-0.1, -0.05) is 18.2 Å². The van der Waals surface area contributed by atoms with E-state index < -0.39 is 5.91 Å². The first-order valence-corrected chi connectivity index (χ1v) is 9.04. The van der Waals surface area contributed by atoms with E-state index in [1.165, 1.54) is 12.3 Å². The van der Waals surface area contributed by atoms with E-state index in [-0.39, 0.29) is 5.70 Å². The summed E-state index contributed by atoms with van der Waals surface area (Å²) in [5, 5.41) is 13.2. The molecule has 7 heteroatoms. The molecule has 1 aromatic rings. The van der Waals surface area contributed by atoms with E-state index in [1.807, 2.05) is 19.1 Å². The average Bonchev–Trinajstić information content (AvgIpc) is 2.73. The van der Waals surface area contributed by atoms with Gasteiger partial charge in [0.2, 0.25) is 0 Å². The van der Waals surface area contributed by atoms with Gasteiger partial charge in [-0.15, -0.1) is 0 Å². The number of aldehydes is 1. The van der Waals surface area contributed by atoms with Gasteiger partial charge in [0.25, 0.3) is 5.91 Å². The fourth-order valence-electron chi connectivity index (χ4n) is 2.33. The maximum Gasteiger partial charge on any atom is 0.255 e. The van der Waals surface area contributed by atoms with Crippen LogP contribution >= 0.6 is 0 Å². The first kappa shape index (κ1) is 23.0. The molecule has 0 heterocycles. The van der Waals surface area contributed by atoms with Gasteiger partial charge in [0.1, 0.15) is 0 Å². The SMILES string of the molecule is C/C=C(C=N)/C(/C=C(\C=O)NC(=O)c1ccc(CNCCOCC)cc1)=C/N. The zero-order valence-electron chi connectivity index (χ0n) is 16.3. The first-order valence-electron chi connectivity index (χ1n) is 9.04. The van der Waals surface area contributed by atoms with Crippen LogP contribution < -0.4 is 16.4 Å². The molecule has 1 aromatic carbocycles. The van der Waals surface area contributed by atoms with Gasteiger partial charge in [-0.2, -0.15) is 0 Å². The second-order valence-corrected chi connectivity index (χ2v) is 5.75. The van der Waals surface area contributed by atoms with Gasteiger partial charge in [0, 0.05) is 43.2 Å². The third-order valence-corrected chi connectivity index (χ3v) is 3.85. The number of rotatable bonds is 12. The molecular weight excluding hydrogens is 356 g/mol. The lowest BCUT2D eigenvalue weighted by molar-refractivity contribution is -0.105. The lowest BCUT2D eigenvalue weighted by Gasteiger charge is -2.08. The summed E-state index contributed by atoms with van der Waals surface area (Å²) in [5.41, 5.74) is 8.10. The van der Waals surface area contributed by atoms with Crippen molar-refractivity contribution in [3.8, 4) is 0 Å². The lowest BCUT2D eigenvalue weighted by Crippen LogP contribution is -2.24. The summed E-state index contributed by atoms with van der Waals surface area (Å²) in [6.45, 7) is 6.49. The van der Waals surface area contributed by atoms with Gasteiger partial charge < -0.3 is 26.5 Å². The Morgan fingerprint density at radius 3 is 2.50 bits per heavy atom. The molecule has 0 aliphatic rings. The van der Waals surface area contributed by atoms with E-state index >= 15 is 0 Å². The number of carbonyl (C=O) groups excluding carboxylic acids is 2. The van der Waals surface area contributed by atoms with E-state index in [9.17, 15) is 9.59 Å². The molecule has 0 aromatic heterocycles. The zero-order valence-corrected chi connectivity index (χ0v) is 16.3. The summed E-state index contributed by atoms with van der Waals surface area (Å²) < 4.78 is 5.26. The monoisotopic (exact) mass is 384 g/mol. The Hall–Kier alpha value is -3.03. The summed E-state index contributed by atoms with van der Waals surface area (Å²) in [4.78, 5) is 23.7. The highest BCUT2D eigenvalue weighted by Gasteiger charge is 2.09. The van der Waals surface area contributed by atoms with Crippen molar-refractivity contribution in [2.24, 2.45) is 5.73 Å². The van der Waals surface area contributed by atoms with Crippen molar-refractivity contribution >= 4 is 18.4 Å². The molecule has 0 aliphatic carbocycles. The van der Waals surface area contributed by atoms with Gasteiger partial charge in [-0.25, -0.2) is 0 Å². The molecule has 1 rings (SSSR count). The molecule has 7 nitrogen and oxygen atoms in total. The molecule has 150 valence electrons. The minimum absolute atomic E-state index is 0.0598. The van der Waals surface area contributed by atoms with Crippen LogP contribution in [0, 0.1) is 5.41 Å². The quantitative estimate of drug-likeness (QED) is 0.145. The van der Waals surface area contributed by atoms with Crippen molar-refractivity contribution in [3.63, 3.8) is 0 Å². The van der Waals surface area contributed by atoms with Gasteiger partial charge >= 0.3 is 0 Å². The molecule has 1 amide bonds. The van der Waals surface area contributed by atoms with Crippen LogP contribution in [-0.2, 0) is 16.1 Å². The van der Waals surface area contributed by atoms with Crippen molar-refractivity contribution in [2.75, 3.05) is 19.8 Å². The molecule has 0 fully saturated rings. The van der Waals surface area contributed by atoms with Crippen molar-refractivity contribution in [2.45, 2.75) is 20.4 Å². The Morgan fingerprint density at radius 2 is 1.96 bits per heavy atom. The maximum absolute atomic E-state index is 12.4. The van der Waals surface area contributed by atoms with Crippen LogP contribution in [0.1, 0.15) is 29.8 Å². The van der Waals surface area contributed by atoms with Gasteiger partial charge in [0.15, 0.2) is 6.29 Å². The third kappa shape index (κ3) is 7.69. The molecule has 0 aliphatic heterocycles. The standard InChI is InChI=1S/C21H28N4O3/c1-3-17(12-22)19(13-23)11-20(15-26)25-21(27)18-7-5-16(6-8-18)14-24-9-10-28-4-2/h3,5-8,11-13,15,22,24H,4,9-10,14,23H2,1-2H3,(H,25,27)/b17-3+,19-13+,20-11+,22-12?. The van der Waals surface area contributed by atoms with Gasteiger partial charge in [-0.05, 0) is 43.2 Å². The Labute approximate surface area is 165 Å². The second kappa shape index (κ2) is 13.2. The molecule has 0 unspecified atom stereocenters. The van der Waals surface area contributed by atoms with Crippen LogP contribution in [0.3, 0.4) is 0 Å². The van der Waals surface area contributed by atoms with Crippen molar-refractivity contribution in [3.05, 3.63) is 70.6 Å². The Balaban J connectivity index is 2.73. The number of hydrogen-bond donors (Lipinski definition) is 4. The predicted octanol–water partition coefficient (Wildman–Crippen LogP) is 2.06. The predicted molar refractivity (Wildman–Crippen MR) is 111 cm³/mol. The van der Waals surface area contributed by atoms with Crippen LogP contribution in [0.2, 0.25) is 0 Å². The van der Waals surface area contributed by atoms with E-state index in [2.05, 4.69) is 10.6 Å². The molecule has 5 N–H and O–H groups in total. The second-order valence-electron chi connectivity index (χ2n) is 5.75. The number of hydrogen-bond acceptors (Lipinski definition) is 6. The molecule has 0 bridgehead atoms. The summed E-state index contributed by atoms with van der Waals surface area (Å²) >= 11 is 0. The minimum Gasteiger partial charge on any atom is -0.404 e. The smallest absolute Gasteiger partial charge is 0.255 e. The van der Waals surface area contributed by atoms with Crippen LogP contribution in [0.15, 0.2) is 59.5 Å². The fourth-order valence-corrected chi connectivity index (χ4v) is 2.33. The van der Waals surface area contributed by atoms with Crippen LogP contribution in [0.4, 0.5) is 0 Å². The summed E-state index contributed by atoms with van der Waals surface area (Å²) in [6, 6.07) is 7.11. The molecule has 0 saturated carbocycles. The largest absolute Gasteiger partial charge is 0.404 e. The van der Waals surface area contributed by atoms with Crippen LogP contribution in [-0.4, -0.2) is 38.2 Å². The van der Waals surface area contributed by atoms with Crippen molar-refractivity contribution in [1.29, 1.82) is 5.41 Å². The summed E-state index contributed by atoms with van der Waals surface area (Å²) in [6.07, 6.45) is 6.06. The Bertz CT molecular complexity index is 749. The Kier molecular flexibility index (Phi) is 10.8. The molecule has 0 spiro atoms. The minimum atomic E-state index is -0.401. The number of ether oxygens (including phenoxy) is 1. The van der Waals surface area contributed by atoms with Gasteiger partial charge in [-0.3, -0.25) is 9.59 Å². The number of nitrogens with one attached hydrogen (secondary N) is 3. The highest BCUT2D eigenvalue weighted by molar-refractivity contribution is 5.98. The first-order chi connectivity index (χ1) is 13.6. The zero-order chi connectivity index (χ0) is 20.8. The summed E-state index contributed by atoms with van der Waals surface area (Å²) in [7, 11) is 0. The Morgan fingerprint density at radius 1 is 1.25 bits per heavy atom. The van der Waals surface area contributed by atoms with Crippen molar-refractivity contribution < 1.29 is 14.3 Å². The number of benzene rings is 1. The number of nitrogens with two attached hydrogens (primary N) is 1. The maximum atomic E-state index is 12.4. The highest BCUT2D eigenvalue weighted by atomic mass is 16.5. The average molecular weight is 384 g/mol. The molecule has 28 heavy (non-hydrogen) atoms. The number of carbonyl (C=O) groups is 2. The molecule has 0 radical (unpaired) electrons. The highest BCUT2D eigenvalue weighted by Crippen LogP contribution is 2.10. The van der Waals surface area contributed by atoms with E-state index in [1.54, 1.807) is 25.1 Å². The normalized spacial score (nSPS) is 12.6. The van der Waals surface area contributed by atoms with Crippen LogP contribution in [0.25, 0.3) is 0 Å². The number of amides is 1. The van der Waals surface area contributed by atoms with Gasteiger partial charge in [0.05, 0.1) is 12.3 Å². The number of allylic oxidation sites excluding steroid dienone is 5. The molecule has 0 atom stereocenters. The fraction of sp³-hybridized carbons (Fsp3) is 0.286. The van der Waals surface area contributed by atoms with E-state index in [0.29, 0.717) is 42.8 Å². The summed E-state index contributed by atoms with van der Waals surface area (Å²) in [5.74, 6) is -0.401. The molecule has 0 saturated heterocycles. The topological polar surface area (TPSA) is 117 Å². The van der Waals surface area contributed by atoms with Crippen LogP contribution in [0.5, 0.6) is 0 Å².